The summed E-state index contributed by atoms with van der Waals surface area (Å²) in [6.45, 7) is 1.99. The summed E-state index contributed by atoms with van der Waals surface area (Å²) in [6.07, 6.45) is 3.88. The van der Waals surface area contributed by atoms with E-state index in [0.717, 1.165) is 31.4 Å². The molecule has 0 saturated heterocycles. The number of anilines is 1. The van der Waals surface area contributed by atoms with E-state index in [1.807, 2.05) is 0 Å². The molecule has 7 nitrogen and oxygen atoms in total. The summed E-state index contributed by atoms with van der Waals surface area (Å²) in [4.78, 5) is 25.1. The van der Waals surface area contributed by atoms with Crippen LogP contribution in [-0.4, -0.2) is 32.4 Å². The number of benzene rings is 2. The Kier molecular flexibility index (Phi) is 7.50. The second-order valence-corrected chi connectivity index (χ2v) is 9.53. The van der Waals surface area contributed by atoms with Gasteiger partial charge in [0.15, 0.2) is 0 Å². The van der Waals surface area contributed by atoms with Crippen molar-refractivity contribution in [2.45, 2.75) is 55.9 Å². The molecule has 0 bridgehead atoms. The average Bonchev–Trinajstić information content (AvgIpc) is 2.76. The molecule has 2 aromatic carbocycles. The van der Waals surface area contributed by atoms with E-state index in [4.69, 9.17) is 4.74 Å². The molecule has 0 unspecified atom stereocenters. The first-order chi connectivity index (χ1) is 15.2. The fourth-order valence-corrected chi connectivity index (χ4v) is 4.88. The number of hydrogen-bond acceptors (Lipinski definition) is 5. The maximum atomic E-state index is 13.0. The molecule has 3 rings (SSSR count). The summed E-state index contributed by atoms with van der Waals surface area (Å²) in [5, 5.41) is 2.89. The van der Waals surface area contributed by atoms with Crippen molar-refractivity contribution >= 4 is 27.6 Å². The van der Waals surface area contributed by atoms with Crippen molar-refractivity contribution in [1.29, 1.82) is 0 Å². The van der Waals surface area contributed by atoms with Crippen LogP contribution in [0, 0.1) is 5.82 Å². The Morgan fingerprint density at radius 1 is 1.00 bits per heavy atom. The van der Waals surface area contributed by atoms with Crippen LogP contribution in [0.2, 0.25) is 0 Å². The van der Waals surface area contributed by atoms with Gasteiger partial charge in [0.05, 0.1) is 17.9 Å². The lowest BCUT2D eigenvalue weighted by Gasteiger charge is -2.35. The monoisotopic (exact) mass is 462 g/mol. The van der Waals surface area contributed by atoms with Crippen LogP contribution >= 0.6 is 0 Å². The molecule has 9 heteroatoms. The Balaban J connectivity index is 1.64. The number of nitrogens with one attached hydrogen (secondary N) is 2. The smallest absolute Gasteiger partial charge is 0.331 e. The van der Waals surface area contributed by atoms with Crippen molar-refractivity contribution in [3.8, 4) is 0 Å². The predicted molar refractivity (Wildman–Crippen MR) is 118 cm³/mol. The Morgan fingerprint density at radius 2 is 1.62 bits per heavy atom. The Bertz CT molecular complexity index is 1050. The van der Waals surface area contributed by atoms with Crippen LogP contribution in [0.5, 0.6) is 0 Å². The van der Waals surface area contributed by atoms with Crippen molar-refractivity contribution in [2.24, 2.45) is 0 Å². The third-order valence-corrected chi connectivity index (χ3v) is 6.84. The molecule has 0 radical (unpaired) electrons. The molecule has 0 aromatic heterocycles. The summed E-state index contributed by atoms with van der Waals surface area (Å²) in [5.41, 5.74) is 0.00611. The Hall–Kier alpha value is -2.94. The van der Waals surface area contributed by atoms with Crippen molar-refractivity contribution in [3.63, 3.8) is 0 Å². The predicted octanol–water partition coefficient (Wildman–Crippen LogP) is 3.55. The zero-order valence-electron chi connectivity index (χ0n) is 17.9. The van der Waals surface area contributed by atoms with E-state index in [-0.39, 0.29) is 23.8 Å². The van der Waals surface area contributed by atoms with Crippen molar-refractivity contribution in [2.75, 3.05) is 11.3 Å². The first kappa shape index (κ1) is 23.7. The molecule has 1 amide bonds. The second kappa shape index (κ2) is 10.1. The summed E-state index contributed by atoms with van der Waals surface area (Å²) in [7, 11) is -3.86. The van der Waals surface area contributed by atoms with Gasteiger partial charge in [-0.2, -0.15) is 0 Å². The zero-order chi connectivity index (χ0) is 23.2. The van der Waals surface area contributed by atoms with E-state index in [2.05, 4.69) is 10.0 Å². The molecular weight excluding hydrogens is 435 g/mol. The number of hydrogen-bond donors (Lipinski definition) is 2. The van der Waals surface area contributed by atoms with Gasteiger partial charge in [0.2, 0.25) is 5.91 Å². The number of amides is 1. The number of esters is 1. The van der Waals surface area contributed by atoms with Gasteiger partial charge in [-0.25, -0.2) is 17.6 Å². The van der Waals surface area contributed by atoms with Crippen LogP contribution in [0.15, 0.2) is 53.4 Å². The van der Waals surface area contributed by atoms with Crippen LogP contribution in [0.25, 0.3) is 0 Å². The standard InChI is InChI=1S/C23H27FN2O5S/c1-2-31-22(28)23(14-4-3-5-15-23)25-21(27)16-17-6-10-19(11-7-17)26-32(29,30)20-12-8-18(24)9-13-20/h6-13,26H,2-5,14-16H2,1H3,(H,25,27). The fourth-order valence-electron chi connectivity index (χ4n) is 3.82. The first-order valence-corrected chi connectivity index (χ1v) is 12.1. The second-order valence-electron chi connectivity index (χ2n) is 7.84. The van der Waals surface area contributed by atoms with Gasteiger partial charge in [-0.3, -0.25) is 9.52 Å². The molecule has 32 heavy (non-hydrogen) atoms. The number of carbonyl (C=O) groups is 2. The highest BCUT2D eigenvalue weighted by atomic mass is 32.2. The normalized spacial score (nSPS) is 15.6. The lowest BCUT2D eigenvalue weighted by Crippen LogP contribution is -2.56. The van der Waals surface area contributed by atoms with Crippen LogP contribution in [-0.2, 0) is 30.8 Å². The van der Waals surface area contributed by atoms with Gasteiger partial charge in [-0.15, -0.1) is 0 Å². The molecule has 2 N–H and O–H groups in total. The lowest BCUT2D eigenvalue weighted by molar-refractivity contribution is -0.155. The minimum absolute atomic E-state index is 0.0478. The first-order valence-electron chi connectivity index (χ1n) is 10.6. The molecule has 0 aliphatic heterocycles. The summed E-state index contributed by atoms with van der Waals surface area (Å²) in [5.74, 6) is -1.21. The number of halogens is 1. The Labute approximate surface area is 187 Å². The number of sulfonamides is 1. The highest BCUT2D eigenvalue weighted by molar-refractivity contribution is 7.92. The van der Waals surface area contributed by atoms with E-state index in [9.17, 15) is 22.4 Å². The van der Waals surface area contributed by atoms with Crippen molar-refractivity contribution in [3.05, 3.63) is 59.9 Å². The molecular formula is C23H27FN2O5S. The van der Waals surface area contributed by atoms with Gasteiger partial charge in [0.1, 0.15) is 11.4 Å². The number of rotatable bonds is 8. The molecule has 2 aromatic rings. The maximum absolute atomic E-state index is 13.0. The summed E-state index contributed by atoms with van der Waals surface area (Å²) >= 11 is 0. The molecule has 0 atom stereocenters. The van der Waals surface area contributed by atoms with Gasteiger partial charge in [0, 0.05) is 5.69 Å². The molecule has 1 saturated carbocycles. The van der Waals surface area contributed by atoms with E-state index in [1.54, 1.807) is 31.2 Å². The van der Waals surface area contributed by atoms with E-state index in [0.29, 0.717) is 24.1 Å². The minimum Gasteiger partial charge on any atom is -0.464 e. The van der Waals surface area contributed by atoms with Crippen LogP contribution in [0.4, 0.5) is 10.1 Å². The highest BCUT2D eigenvalue weighted by Crippen LogP contribution is 2.29. The van der Waals surface area contributed by atoms with Crippen LogP contribution in [0.3, 0.4) is 0 Å². The average molecular weight is 463 g/mol. The van der Waals surface area contributed by atoms with Gasteiger partial charge in [-0.05, 0) is 61.7 Å². The molecule has 1 aliphatic rings. The van der Waals surface area contributed by atoms with E-state index >= 15 is 0 Å². The highest BCUT2D eigenvalue weighted by Gasteiger charge is 2.42. The van der Waals surface area contributed by atoms with Crippen molar-refractivity contribution < 1.29 is 27.1 Å². The summed E-state index contributed by atoms with van der Waals surface area (Å²) < 4.78 is 45.5. The topological polar surface area (TPSA) is 102 Å². The molecule has 1 aliphatic carbocycles. The lowest BCUT2D eigenvalue weighted by atomic mass is 9.81. The maximum Gasteiger partial charge on any atom is 0.331 e. The molecule has 0 spiro atoms. The van der Waals surface area contributed by atoms with E-state index < -0.39 is 27.3 Å². The largest absolute Gasteiger partial charge is 0.464 e. The van der Waals surface area contributed by atoms with Crippen LogP contribution < -0.4 is 10.0 Å². The Morgan fingerprint density at radius 3 is 2.22 bits per heavy atom. The van der Waals surface area contributed by atoms with Gasteiger partial charge in [0.25, 0.3) is 10.0 Å². The van der Waals surface area contributed by atoms with Gasteiger partial charge >= 0.3 is 5.97 Å². The number of carbonyl (C=O) groups excluding carboxylic acids is 2. The van der Waals surface area contributed by atoms with Crippen molar-refractivity contribution in [1.82, 2.24) is 5.32 Å². The van der Waals surface area contributed by atoms with Crippen LogP contribution in [0.1, 0.15) is 44.6 Å². The van der Waals surface area contributed by atoms with Gasteiger partial charge < -0.3 is 10.1 Å². The van der Waals surface area contributed by atoms with Gasteiger partial charge in [-0.1, -0.05) is 31.4 Å². The third-order valence-electron chi connectivity index (χ3n) is 5.45. The fraction of sp³-hybridized carbons (Fsp3) is 0.391. The number of ether oxygens (including phenoxy) is 1. The third kappa shape index (κ3) is 5.85. The minimum atomic E-state index is -3.86. The zero-order valence-corrected chi connectivity index (χ0v) is 18.7. The van der Waals surface area contributed by atoms with E-state index in [1.165, 1.54) is 12.1 Å². The quantitative estimate of drug-likeness (QED) is 0.584. The summed E-state index contributed by atoms with van der Waals surface area (Å²) in [6, 6.07) is 10.9. The molecule has 1 fully saturated rings. The molecule has 0 heterocycles. The SMILES string of the molecule is CCOC(=O)C1(NC(=O)Cc2ccc(NS(=O)(=O)c3ccc(F)cc3)cc2)CCCCC1. The molecule has 172 valence electrons.